The zero-order valence-electron chi connectivity index (χ0n) is 2.94. The van der Waals surface area contributed by atoms with Crippen molar-refractivity contribution in [2.24, 2.45) is 0 Å². The highest BCUT2D eigenvalue weighted by atomic mass is 32.2. The van der Waals surface area contributed by atoms with Gasteiger partial charge >= 0.3 is 14.6 Å². The summed E-state index contributed by atoms with van der Waals surface area (Å²) < 4.78 is 32.3. The minimum Gasteiger partial charge on any atom is -0.243 e. The van der Waals surface area contributed by atoms with Crippen molar-refractivity contribution < 1.29 is 22.8 Å². The average molecular weight is 142 g/mol. The summed E-state index contributed by atoms with van der Waals surface area (Å²) in [4.78, 5) is 0. The van der Waals surface area contributed by atoms with E-state index in [9.17, 15) is 9.13 Å². The van der Waals surface area contributed by atoms with Gasteiger partial charge in [0.2, 0.25) is 0 Å². The van der Waals surface area contributed by atoms with E-state index in [1.54, 1.807) is 0 Å². The van der Waals surface area contributed by atoms with E-state index >= 15 is 0 Å². The second kappa shape index (κ2) is 0.768. The lowest BCUT2D eigenvalue weighted by atomic mass is 14.9. The highest BCUT2D eigenvalue weighted by molar-refractivity contribution is 8.42. The van der Waals surface area contributed by atoms with E-state index < -0.39 is 14.6 Å². The van der Waals surface area contributed by atoms with Gasteiger partial charge in [-0.25, -0.2) is 13.4 Å². The number of hydrogen-bond acceptors (Lipinski definition) is 5. The van der Waals surface area contributed by atoms with Crippen LogP contribution in [0.4, 0.5) is 0 Å². The van der Waals surface area contributed by atoms with Crippen LogP contribution in [0, 0.1) is 0 Å². The summed E-state index contributed by atoms with van der Waals surface area (Å²) >= 11 is 0. The molecular formula is O5P2. The van der Waals surface area contributed by atoms with E-state index in [1.165, 1.54) is 0 Å². The van der Waals surface area contributed by atoms with Crippen LogP contribution in [-0.2, 0) is 22.8 Å². The van der Waals surface area contributed by atoms with E-state index in [0.717, 1.165) is 0 Å². The summed E-state index contributed by atoms with van der Waals surface area (Å²) in [6.07, 6.45) is 0. The molecule has 0 aromatic rings. The van der Waals surface area contributed by atoms with Crippen LogP contribution in [0.1, 0.15) is 0 Å². The quantitative estimate of drug-likeness (QED) is 0.289. The first-order valence-electron chi connectivity index (χ1n) is 1.46. The van der Waals surface area contributed by atoms with Gasteiger partial charge in [-0.05, 0) is 0 Å². The van der Waals surface area contributed by atoms with E-state index in [2.05, 4.69) is 13.7 Å². The minimum atomic E-state index is -3.08. The molecule has 2 atom stereocenters. The number of fused-ring (bicyclic) bond motifs is 1. The van der Waals surface area contributed by atoms with Crippen molar-refractivity contribution in [1.29, 1.82) is 0 Å². The molecule has 2 heterocycles. The van der Waals surface area contributed by atoms with Crippen molar-refractivity contribution in [3.8, 4) is 0 Å². The molecule has 2 rings (SSSR count). The van der Waals surface area contributed by atoms with Gasteiger partial charge in [0.1, 0.15) is 0 Å². The van der Waals surface area contributed by atoms with Gasteiger partial charge in [-0.1, -0.05) is 0 Å². The Hall–Kier alpha value is 0.340. The van der Waals surface area contributed by atoms with Gasteiger partial charge in [0.15, 0.2) is 0 Å². The van der Waals surface area contributed by atoms with Crippen LogP contribution < -0.4 is 0 Å². The summed E-state index contributed by atoms with van der Waals surface area (Å²) in [6, 6.07) is 0. The predicted octanol–water partition coefficient (Wildman–Crippen LogP) is 1.28. The normalized spacial score (nSPS) is 65.7. The molecule has 0 aromatic heterocycles. The molecule has 2 unspecified atom stereocenters. The van der Waals surface area contributed by atoms with Crippen molar-refractivity contribution in [2.75, 3.05) is 0 Å². The van der Waals surface area contributed by atoms with Gasteiger partial charge in [-0.15, -0.1) is 9.35 Å². The fourth-order valence-electron chi connectivity index (χ4n) is 0.283. The van der Waals surface area contributed by atoms with E-state index in [4.69, 9.17) is 0 Å². The summed E-state index contributed by atoms with van der Waals surface area (Å²) in [5.74, 6) is 0. The predicted molar refractivity (Wildman–Crippen MR) is 18.5 cm³/mol. The second-order valence-corrected chi connectivity index (χ2v) is 6.93. The molecule has 0 N–H and O–H groups in total. The van der Waals surface area contributed by atoms with E-state index in [0.29, 0.717) is 0 Å². The first-order valence-corrected chi connectivity index (χ1v) is 5.25. The maximum atomic E-state index is 10.2. The summed E-state index contributed by atoms with van der Waals surface area (Å²) in [5, 5.41) is 0. The molecule has 7 heteroatoms. The molecule has 0 amide bonds. The van der Waals surface area contributed by atoms with Crippen LogP contribution in [0.3, 0.4) is 0 Å². The molecule has 0 aromatic carbocycles. The highest BCUT2D eigenvalue weighted by Gasteiger charge is 2.82. The molecule has 0 bridgehead atoms. The lowest BCUT2D eigenvalue weighted by molar-refractivity contribution is -0.100. The third-order valence-corrected chi connectivity index (χ3v) is 5.60. The Morgan fingerprint density at radius 3 is 1.43 bits per heavy atom. The topological polar surface area (TPSA) is 65.1 Å². The van der Waals surface area contributed by atoms with Crippen molar-refractivity contribution >= 4 is 14.6 Å². The van der Waals surface area contributed by atoms with Crippen molar-refractivity contribution in [2.45, 2.75) is 0 Å². The highest BCUT2D eigenvalue weighted by Crippen LogP contribution is 3.11. The SMILES string of the molecule is O=P12OOP1(=O)O2. The van der Waals surface area contributed by atoms with Crippen molar-refractivity contribution in [3.63, 3.8) is 0 Å². The fraction of sp³-hybridized carbons (Fsp3) is 0. The van der Waals surface area contributed by atoms with Gasteiger partial charge in [0.25, 0.3) is 0 Å². The Labute approximate surface area is 38.5 Å². The van der Waals surface area contributed by atoms with Gasteiger partial charge in [-0.3, -0.25) is 0 Å². The monoisotopic (exact) mass is 142 g/mol. The van der Waals surface area contributed by atoms with Crippen LogP contribution in [0.15, 0.2) is 0 Å². The molecule has 7 heavy (non-hydrogen) atoms. The van der Waals surface area contributed by atoms with Gasteiger partial charge < -0.3 is 0 Å². The lowest BCUT2D eigenvalue weighted by Gasteiger charge is -1.98. The third kappa shape index (κ3) is 0.289. The zero-order valence-corrected chi connectivity index (χ0v) is 4.72. The molecule has 0 aliphatic carbocycles. The molecule has 0 saturated carbocycles. The van der Waals surface area contributed by atoms with Crippen molar-refractivity contribution in [3.05, 3.63) is 0 Å². The lowest BCUT2D eigenvalue weighted by Crippen LogP contribution is -1.80. The molecular weight excluding hydrogens is 142 g/mol. The molecule has 2 aliphatic rings. The van der Waals surface area contributed by atoms with Gasteiger partial charge in [0, 0.05) is 0 Å². The molecule has 2 saturated heterocycles. The Kier molecular flexibility index (Phi) is 0.466. The first-order chi connectivity index (χ1) is 3.16. The standard InChI is InChI=1S/O5P2/c1-6-3-4-7(6,2)5-6. The Bertz CT molecular complexity index is 180. The summed E-state index contributed by atoms with van der Waals surface area (Å²) in [7, 11) is -6.16. The van der Waals surface area contributed by atoms with E-state index in [1.807, 2.05) is 0 Å². The molecule has 2 fully saturated rings. The second-order valence-electron chi connectivity index (χ2n) is 1.17. The Morgan fingerprint density at radius 1 is 1.00 bits per heavy atom. The fourth-order valence-corrected chi connectivity index (χ4v) is 3.62. The number of hydrogen-bond donors (Lipinski definition) is 0. The minimum absolute atomic E-state index is 3.08. The summed E-state index contributed by atoms with van der Waals surface area (Å²) in [6.45, 7) is 0. The summed E-state index contributed by atoms with van der Waals surface area (Å²) in [5.41, 5.74) is 0. The Balaban J connectivity index is 2.61. The zero-order chi connectivity index (χ0) is 5.12. The van der Waals surface area contributed by atoms with Crippen LogP contribution in [0.2, 0.25) is 0 Å². The van der Waals surface area contributed by atoms with Crippen LogP contribution in [-0.4, -0.2) is 0 Å². The maximum absolute atomic E-state index is 10.2. The van der Waals surface area contributed by atoms with Crippen LogP contribution in [0.25, 0.3) is 0 Å². The molecule has 0 radical (unpaired) electrons. The van der Waals surface area contributed by atoms with Gasteiger partial charge in [0.05, 0.1) is 0 Å². The van der Waals surface area contributed by atoms with Crippen LogP contribution in [0.5, 0.6) is 0 Å². The average Bonchev–Trinajstić information content (AvgIpc) is 1.89. The van der Waals surface area contributed by atoms with Crippen LogP contribution >= 0.6 is 14.6 Å². The molecule has 2 aliphatic heterocycles. The maximum Gasteiger partial charge on any atom is 0.478 e. The smallest absolute Gasteiger partial charge is 0.243 e. The third-order valence-electron chi connectivity index (χ3n) is 0.703. The molecule has 5 nitrogen and oxygen atoms in total. The van der Waals surface area contributed by atoms with Gasteiger partial charge in [-0.2, -0.15) is 0 Å². The molecule has 0 spiro atoms. The molecule has 40 valence electrons. The van der Waals surface area contributed by atoms with Crippen molar-refractivity contribution in [1.82, 2.24) is 0 Å². The first kappa shape index (κ1) is 4.24. The largest absolute Gasteiger partial charge is 0.478 e. The Morgan fingerprint density at radius 2 is 1.43 bits per heavy atom. The van der Waals surface area contributed by atoms with E-state index in [-0.39, 0.29) is 0 Å². The number of rotatable bonds is 0.